The summed E-state index contributed by atoms with van der Waals surface area (Å²) in [6.45, 7) is 11.1. The zero-order valence-corrected chi connectivity index (χ0v) is 18.6. The first kappa shape index (κ1) is 21.0. The number of fused-ring (bicyclic) bond motifs is 1. The van der Waals surface area contributed by atoms with Crippen molar-refractivity contribution >= 4 is 23.5 Å². The number of aryl methyl sites for hydroxylation is 1. The summed E-state index contributed by atoms with van der Waals surface area (Å²) >= 11 is 1.64. The lowest BCUT2D eigenvalue weighted by Gasteiger charge is -2.36. The van der Waals surface area contributed by atoms with Crippen LogP contribution < -0.4 is 10.1 Å². The molecule has 1 aromatic heterocycles. The molecule has 2 unspecified atom stereocenters. The third-order valence-electron chi connectivity index (χ3n) is 5.60. The summed E-state index contributed by atoms with van der Waals surface area (Å²) in [5, 5.41) is 8.06. The zero-order chi connectivity index (χ0) is 21.3. The fourth-order valence-electron chi connectivity index (χ4n) is 4.24. The molecule has 7 heteroatoms. The molecule has 1 fully saturated rings. The third kappa shape index (κ3) is 4.27. The van der Waals surface area contributed by atoms with Crippen molar-refractivity contribution in [2.45, 2.75) is 50.5 Å². The minimum atomic E-state index is -0.195. The number of nitrogens with zero attached hydrogens (tertiary/aromatic N) is 2. The molecule has 0 spiro atoms. The quantitative estimate of drug-likeness (QED) is 0.703. The predicted octanol–water partition coefficient (Wildman–Crippen LogP) is 4.66. The van der Waals surface area contributed by atoms with Crippen molar-refractivity contribution in [1.82, 2.24) is 9.78 Å². The second kappa shape index (κ2) is 8.47. The van der Waals surface area contributed by atoms with Crippen LogP contribution in [0.3, 0.4) is 0 Å². The van der Waals surface area contributed by atoms with Crippen molar-refractivity contribution in [2.24, 2.45) is 0 Å². The molecule has 0 saturated carbocycles. The van der Waals surface area contributed by atoms with Gasteiger partial charge in [-0.2, -0.15) is 5.10 Å². The number of amides is 1. The number of ether oxygens (including phenoxy) is 2. The molecule has 1 aromatic carbocycles. The number of carbonyl (C=O) groups excluding carboxylic acids is 1. The zero-order valence-electron chi connectivity index (χ0n) is 17.8. The molecule has 160 valence electrons. The standard InChI is InChI=1S/C23H29N3O3S/c1-5-11-28-18-8-6-16(7-9-18)21-20-15(2)25-26(22(20)24-19(27)14-30-21)17-10-12-29-23(3,4)13-17/h5-9,17,21H,1,10-14H2,2-4H3,(H,24,27). The van der Waals surface area contributed by atoms with Crippen LogP contribution in [0.4, 0.5) is 5.82 Å². The summed E-state index contributed by atoms with van der Waals surface area (Å²) < 4.78 is 13.5. The van der Waals surface area contributed by atoms with E-state index in [9.17, 15) is 4.79 Å². The summed E-state index contributed by atoms with van der Waals surface area (Å²) in [5.74, 6) is 2.07. The van der Waals surface area contributed by atoms with E-state index in [1.165, 1.54) is 0 Å². The van der Waals surface area contributed by atoms with Crippen LogP contribution in [0, 0.1) is 6.92 Å². The molecule has 4 rings (SSSR count). The Hall–Kier alpha value is -2.25. The first-order chi connectivity index (χ1) is 14.4. The van der Waals surface area contributed by atoms with E-state index in [4.69, 9.17) is 14.6 Å². The van der Waals surface area contributed by atoms with Crippen molar-refractivity contribution in [1.29, 1.82) is 0 Å². The van der Waals surface area contributed by atoms with Crippen molar-refractivity contribution < 1.29 is 14.3 Å². The summed E-state index contributed by atoms with van der Waals surface area (Å²) in [5.41, 5.74) is 2.99. The van der Waals surface area contributed by atoms with Gasteiger partial charge in [-0.05, 0) is 51.3 Å². The van der Waals surface area contributed by atoms with Crippen LogP contribution in [0.15, 0.2) is 36.9 Å². The van der Waals surface area contributed by atoms with Gasteiger partial charge in [-0.3, -0.25) is 4.79 Å². The Bertz CT molecular complexity index is 936. The number of nitrogens with one attached hydrogen (secondary N) is 1. The SMILES string of the molecule is C=CCOc1ccc(C2SCC(=O)Nc3c2c(C)nn3C2CCOC(C)(C)C2)cc1. The lowest BCUT2D eigenvalue weighted by Crippen LogP contribution is -2.36. The Morgan fingerprint density at radius 3 is 2.87 bits per heavy atom. The van der Waals surface area contributed by atoms with Crippen LogP contribution in [0.2, 0.25) is 0 Å². The second-order valence-corrected chi connectivity index (χ2v) is 9.55. The molecule has 3 heterocycles. The van der Waals surface area contributed by atoms with Crippen molar-refractivity contribution in [3.8, 4) is 5.75 Å². The van der Waals surface area contributed by atoms with Gasteiger partial charge in [-0.15, -0.1) is 11.8 Å². The molecule has 1 amide bonds. The van der Waals surface area contributed by atoms with Crippen LogP contribution in [-0.2, 0) is 9.53 Å². The van der Waals surface area contributed by atoms with Gasteiger partial charge in [-0.1, -0.05) is 24.8 Å². The average Bonchev–Trinajstić information content (AvgIpc) is 2.91. The molecule has 2 aliphatic rings. The highest BCUT2D eigenvalue weighted by atomic mass is 32.2. The summed E-state index contributed by atoms with van der Waals surface area (Å²) in [7, 11) is 0. The number of hydrogen-bond donors (Lipinski definition) is 1. The maximum Gasteiger partial charge on any atom is 0.235 e. The highest BCUT2D eigenvalue weighted by molar-refractivity contribution is 8.00. The van der Waals surface area contributed by atoms with Crippen LogP contribution in [0.25, 0.3) is 0 Å². The van der Waals surface area contributed by atoms with Gasteiger partial charge >= 0.3 is 0 Å². The van der Waals surface area contributed by atoms with Gasteiger partial charge < -0.3 is 14.8 Å². The van der Waals surface area contributed by atoms with Crippen LogP contribution in [0.1, 0.15) is 54.8 Å². The molecular weight excluding hydrogens is 398 g/mol. The predicted molar refractivity (Wildman–Crippen MR) is 120 cm³/mol. The maximum absolute atomic E-state index is 12.5. The van der Waals surface area contributed by atoms with E-state index in [0.717, 1.165) is 41.2 Å². The molecule has 30 heavy (non-hydrogen) atoms. The van der Waals surface area contributed by atoms with Gasteiger partial charge in [0, 0.05) is 12.2 Å². The van der Waals surface area contributed by atoms with Crippen molar-refractivity contribution in [2.75, 3.05) is 24.3 Å². The van der Waals surface area contributed by atoms with Gasteiger partial charge in [0.25, 0.3) is 0 Å². The highest BCUT2D eigenvalue weighted by Crippen LogP contribution is 2.45. The van der Waals surface area contributed by atoms with Gasteiger partial charge in [0.05, 0.1) is 28.3 Å². The normalized spacial score (nSPS) is 23.2. The van der Waals surface area contributed by atoms with Crippen molar-refractivity contribution in [3.63, 3.8) is 0 Å². The van der Waals surface area contributed by atoms with Crippen molar-refractivity contribution in [3.05, 3.63) is 53.7 Å². The fraction of sp³-hybridized carbons (Fsp3) is 0.478. The second-order valence-electron chi connectivity index (χ2n) is 8.45. The van der Waals surface area contributed by atoms with Crippen LogP contribution in [-0.4, -0.2) is 40.3 Å². The molecule has 0 bridgehead atoms. The highest BCUT2D eigenvalue weighted by Gasteiger charge is 2.36. The van der Waals surface area contributed by atoms with Gasteiger partial charge in [0.2, 0.25) is 5.91 Å². The minimum Gasteiger partial charge on any atom is -0.490 e. The molecule has 2 aliphatic heterocycles. The molecule has 0 aliphatic carbocycles. The molecule has 6 nitrogen and oxygen atoms in total. The maximum atomic E-state index is 12.5. The smallest absolute Gasteiger partial charge is 0.235 e. The molecule has 0 radical (unpaired) electrons. The molecule has 2 atom stereocenters. The average molecular weight is 428 g/mol. The molecule has 1 saturated heterocycles. The van der Waals surface area contributed by atoms with E-state index in [1.807, 2.05) is 23.7 Å². The number of carbonyl (C=O) groups is 1. The topological polar surface area (TPSA) is 65.4 Å². The Kier molecular flexibility index (Phi) is 5.93. The fourth-order valence-corrected chi connectivity index (χ4v) is 5.43. The van der Waals surface area contributed by atoms with E-state index in [0.29, 0.717) is 19.0 Å². The minimum absolute atomic E-state index is 0.0159. The summed E-state index contributed by atoms with van der Waals surface area (Å²) in [6.07, 6.45) is 3.48. The third-order valence-corrected chi connectivity index (χ3v) is 6.87. The summed E-state index contributed by atoms with van der Waals surface area (Å²) in [4.78, 5) is 12.5. The Balaban J connectivity index is 1.70. The lowest BCUT2D eigenvalue weighted by atomic mass is 9.94. The van der Waals surface area contributed by atoms with Crippen LogP contribution >= 0.6 is 11.8 Å². The van der Waals surface area contributed by atoms with E-state index in [-0.39, 0.29) is 22.8 Å². The number of anilines is 1. The Labute approximate surface area is 182 Å². The molecular formula is C23H29N3O3S. The van der Waals surface area contributed by atoms with Gasteiger partial charge in [0.1, 0.15) is 18.2 Å². The van der Waals surface area contributed by atoms with E-state index >= 15 is 0 Å². The summed E-state index contributed by atoms with van der Waals surface area (Å²) in [6, 6.07) is 8.29. The van der Waals surface area contributed by atoms with E-state index in [1.54, 1.807) is 17.8 Å². The van der Waals surface area contributed by atoms with E-state index in [2.05, 4.69) is 37.9 Å². The lowest BCUT2D eigenvalue weighted by molar-refractivity contribution is -0.113. The number of aromatic nitrogens is 2. The number of hydrogen-bond acceptors (Lipinski definition) is 5. The first-order valence-corrected chi connectivity index (χ1v) is 11.4. The number of rotatable bonds is 5. The van der Waals surface area contributed by atoms with Crippen LogP contribution in [0.5, 0.6) is 5.75 Å². The molecule has 2 aromatic rings. The molecule has 1 N–H and O–H groups in total. The first-order valence-electron chi connectivity index (χ1n) is 10.4. The number of benzene rings is 1. The van der Waals surface area contributed by atoms with Gasteiger partial charge in [-0.25, -0.2) is 4.68 Å². The number of thioether (sulfide) groups is 1. The van der Waals surface area contributed by atoms with Gasteiger partial charge in [0.15, 0.2) is 0 Å². The monoisotopic (exact) mass is 427 g/mol. The largest absolute Gasteiger partial charge is 0.490 e. The Morgan fingerprint density at radius 2 is 2.17 bits per heavy atom. The van der Waals surface area contributed by atoms with E-state index < -0.39 is 0 Å². The Morgan fingerprint density at radius 1 is 1.40 bits per heavy atom.